The molecule has 21 heavy (non-hydrogen) atoms. The van der Waals surface area contributed by atoms with Gasteiger partial charge in [0.25, 0.3) is 15.9 Å². The van der Waals surface area contributed by atoms with E-state index in [1.54, 1.807) is 18.2 Å². The number of carbonyl (C=O) groups is 1. The molecule has 0 bridgehead atoms. The van der Waals surface area contributed by atoms with Gasteiger partial charge in [-0.1, -0.05) is 18.2 Å². The summed E-state index contributed by atoms with van der Waals surface area (Å²) in [5, 5.41) is 0. The fourth-order valence-electron chi connectivity index (χ4n) is 2.05. The van der Waals surface area contributed by atoms with Crippen molar-refractivity contribution in [1.82, 2.24) is 4.72 Å². The van der Waals surface area contributed by atoms with Crippen LogP contribution < -0.4 is 4.72 Å². The molecule has 1 aliphatic heterocycles. The smallest absolute Gasteiger partial charge is 0.266 e. The molecule has 1 N–H and O–H groups in total. The average molecular weight is 323 g/mol. The molecule has 0 atom stereocenters. The first-order valence-corrected chi connectivity index (χ1v) is 8.80. The molecular weight excluding hydrogens is 314 g/mol. The van der Waals surface area contributed by atoms with Gasteiger partial charge in [-0.2, -0.15) is 0 Å². The fourth-order valence-corrected chi connectivity index (χ4v) is 4.63. The first-order valence-electron chi connectivity index (χ1n) is 5.84. The Morgan fingerprint density at radius 3 is 2.24 bits per heavy atom. The van der Waals surface area contributed by atoms with E-state index in [2.05, 4.69) is 0 Å². The molecule has 0 radical (unpaired) electrons. The molecule has 2 aromatic carbocycles. The van der Waals surface area contributed by atoms with Gasteiger partial charge in [0.2, 0.25) is 9.84 Å². The number of hydrogen-bond acceptors (Lipinski definition) is 5. The quantitative estimate of drug-likeness (QED) is 0.887. The van der Waals surface area contributed by atoms with Crippen molar-refractivity contribution in [2.45, 2.75) is 14.7 Å². The third-order valence-corrected chi connectivity index (χ3v) is 6.22. The Bertz CT molecular complexity index is 947. The van der Waals surface area contributed by atoms with Gasteiger partial charge < -0.3 is 0 Å². The number of carbonyl (C=O) groups excluding carboxylic acids is 1. The second-order valence-corrected chi connectivity index (χ2v) is 8.01. The molecule has 3 rings (SSSR count). The zero-order valence-electron chi connectivity index (χ0n) is 10.5. The topological polar surface area (TPSA) is 97.4 Å². The Hall–Kier alpha value is -2.19. The molecule has 0 aliphatic carbocycles. The summed E-state index contributed by atoms with van der Waals surface area (Å²) in [7, 11) is -7.82. The maximum Gasteiger partial charge on any atom is 0.266 e. The molecule has 8 heteroatoms. The molecule has 6 nitrogen and oxygen atoms in total. The molecular formula is C13H9NO5S2. The molecule has 0 fully saturated rings. The number of rotatable bonds is 2. The number of amides is 1. The molecule has 0 saturated carbocycles. The van der Waals surface area contributed by atoms with Gasteiger partial charge in [-0.05, 0) is 30.3 Å². The third kappa shape index (κ3) is 2.12. The van der Waals surface area contributed by atoms with E-state index < -0.39 is 25.8 Å². The highest BCUT2D eigenvalue weighted by molar-refractivity contribution is 7.92. The Morgan fingerprint density at radius 2 is 1.57 bits per heavy atom. The lowest BCUT2D eigenvalue weighted by Crippen LogP contribution is -2.20. The lowest BCUT2D eigenvalue weighted by Gasteiger charge is -2.05. The number of hydrogen-bond donors (Lipinski definition) is 1. The zero-order valence-corrected chi connectivity index (χ0v) is 12.1. The second kappa shape index (κ2) is 4.40. The van der Waals surface area contributed by atoms with E-state index >= 15 is 0 Å². The first kappa shape index (κ1) is 13.8. The van der Waals surface area contributed by atoms with Gasteiger partial charge in [-0.3, -0.25) is 4.79 Å². The van der Waals surface area contributed by atoms with E-state index in [0.717, 1.165) is 6.07 Å². The Morgan fingerprint density at radius 1 is 0.905 bits per heavy atom. The minimum absolute atomic E-state index is 0.0537. The lowest BCUT2D eigenvalue weighted by molar-refractivity contribution is 0.0985. The van der Waals surface area contributed by atoms with Gasteiger partial charge in [-0.25, -0.2) is 21.6 Å². The summed E-state index contributed by atoms with van der Waals surface area (Å²) in [5.74, 6) is -0.756. The average Bonchev–Trinajstić information content (AvgIpc) is 2.69. The number of sulfone groups is 1. The van der Waals surface area contributed by atoms with Gasteiger partial charge in [0.05, 0.1) is 15.4 Å². The highest BCUT2D eigenvalue weighted by Gasteiger charge is 2.34. The first-order chi connectivity index (χ1) is 9.82. The molecule has 2 aromatic rings. The molecule has 1 amide bonds. The maximum absolute atomic E-state index is 12.4. The Kier molecular flexibility index (Phi) is 2.89. The summed E-state index contributed by atoms with van der Waals surface area (Å²) in [5.41, 5.74) is -0.0537. The maximum atomic E-state index is 12.4. The van der Waals surface area contributed by atoms with Gasteiger partial charge in [0.15, 0.2) is 0 Å². The van der Waals surface area contributed by atoms with Gasteiger partial charge in [0.1, 0.15) is 4.90 Å². The molecule has 108 valence electrons. The van der Waals surface area contributed by atoms with Crippen LogP contribution in [0.3, 0.4) is 0 Å². The molecule has 1 aliphatic rings. The Balaban J connectivity index is 2.22. The largest absolute Gasteiger partial charge is 0.268 e. The van der Waals surface area contributed by atoms with Crippen LogP contribution in [-0.2, 0) is 19.9 Å². The third-order valence-electron chi connectivity index (χ3n) is 3.08. The summed E-state index contributed by atoms with van der Waals surface area (Å²) in [4.78, 5) is 11.0. The van der Waals surface area contributed by atoms with Crippen LogP contribution in [0.25, 0.3) is 0 Å². The van der Waals surface area contributed by atoms with E-state index in [4.69, 9.17) is 0 Å². The predicted molar refractivity (Wildman–Crippen MR) is 73.0 cm³/mol. The van der Waals surface area contributed by atoms with Gasteiger partial charge in [0, 0.05) is 0 Å². The van der Waals surface area contributed by atoms with Gasteiger partial charge in [-0.15, -0.1) is 0 Å². The van der Waals surface area contributed by atoms with Crippen LogP contribution in [0.4, 0.5) is 0 Å². The minimum atomic E-state index is -3.98. The zero-order chi connectivity index (χ0) is 15.3. The van der Waals surface area contributed by atoms with Crippen LogP contribution in [-0.4, -0.2) is 22.7 Å². The summed E-state index contributed by atoms with van der Waals surface area (Å²) in [6.45, 7) is 0. The number of fused-ring (bicyclic) bond motifs is 1. The van der Waals surface area contributed by atoms with E-state index in [9.17, 15) is 21.6 Å². The van der Waals surface area contributed by atoms with Crippen LogP contribution in [0, 0.1) is 0 Å². The monoisotopic (exact) mass is 323 g/mol. The normalized spacial score (nSPS) is 16.3. The minimum Gasteiger partial charge on any atom is -0.268 e. The number of benzene rings is 2. The Labute approximate surface area is 121 Å². The van der Waals surface area contributed by atoms with E-state index in [1.807, 2.05) is 4.72 Å². The van der Waals surface area contributed by atoms with Crippen molar-refractivity contribution in [2.75, 3.05) is 0 Å². The highest BCUT2D eigenvalue weighted by atomic mass is 32.2. The summed E-state index contributed by atoms with van der Waals surface area (Å²) >= 11 is 0. The molecule has 1 heterocycles. The fraction of sp³-hybridized carbons (Fsp3) is 0. The van der Waals surface area contributed by atoms with Crippen LogP contribution in [0.5, 0.6) is 0 Å². The van der Waals surface area contributed by atoms with Crippen LogP contribution in [0.2, 0.25) is 0 Å². The molecule has 0 saturated heterocycles. The van der Waals surface area contributed by atoms with Crippen LogP contribution in [0.1, 0.15) is 10.4 Å². The van der Waals surface area contributed by atoms with Crippen LogP contribution in [0.15, 0.2) is 63.2 Å². The van der Waals surface area contributed by atoms with Crippen LogP contribution >= 0.6 is 0 Å². The van der Waals surface area contributed by atoms with E-state index in [1.165, 1.54) is 24.3 Å². The van der Waals surface area contributed by atoms with Crippen molar-refractivity contribution in [3.05, 3.63) is 54.1 Å². The summed E-state index contributed by atoms with van der Waals surface area (Å²) in [6, 6.07) is 11.1. The molecule has 0 unspecified atom stereocenters. The highest BCUT2D eigenvalue weighted by Crippen LogP contribution is 2.28. The second-order valence-electron chi connectivity index (χ2n) is 4.41. The van der Waals surface area contributed by atoms with Crippen molar-refractivity contribution in [3.8, 4) is 0 Å². The van der Waals surface area contributed by atoms with E-state index in [-0.39, 0.29) is 20.2 Å². The SMILES string of the molecule is O=C1NS(=O)(=O)c2cc(S(=O)(=O)c3ccccc3)ccc21. The van der Waals surface area contributed by atoms with Crippen molar-refractivity contribution in [2.24, 2.45) is 0 Å². The van der Waals surface area contributed by atoms with Crippen molar-refractivity contribution < 1.29 is 21.6 Å². The number of sulfonamides is 1. The standard InChI is InChI=1S/C13H9NO5S2/c15-13-11-7-6-10(8-12(11)21(18,19)14-13)20(16,17)9-4-2-1-3-5-9/h1-8H,(H,14,15). The summed E-state index contributed by atoms with van der Waals surface area (Å²) in [6.07, 6.45) is 0. The van der Waals surface area contributed by atoms with Crippen molar-refractivity contribution in [1.29, 1.82) is 0 Å². The van der Waals surface area contributed by atoms with E-state index in [0.29, 0.717) is 0 Å². The van der Waals surface area contributed by atoms with Crippen molar-refractivity contribution >= 4 is 25.8 Å². The molecule has 0 spiro atoms. The molecule has 0 aromatic heterocycles. The predicted octanol–water partition coefficient (Wildman–Crippen LogP) is 0.952. The number of nitrogens with one attached hydrogen (secondary N) is 1. The van der Waals surface area contributed by atoms with Gasteiger partial charge >= 0.3 is 0 Å². The lowest BCUT2D eigenvalue weighted by atomic mass is 10.2. The summed E-state index contributed by atoms with van der Waals surface area (Å²) < 4.78 is 50.2. The van der Waals surface area contributed by atoms with Crippen molar-refractivity contribution in [3.63, 3.8) is 0 Å².